The predicted octanol–water partition coefficient (Wildman–Crippen LogP) is 3.19. The van der Waals surface area contributed by atoms with Gasteiger partial charge in [0, 0.05) is 12.1 Å². The number of nitrogens with two attached hydrogens (primary N) is 1. The summed E-state index contributed by atoms with van der Waals surface area (Å²) in [6, 6.07) is 11.8. The molecule has 1 heterocycles. The van der Waals surface area contributed by atoms with E-state index < -0.39 is 0 Å². The quantitative estimate of drug-likeness (QED) is 0.804. The Balaban J connectivity index is 2.32. The van der Waals surface area contributed by atoms with Crippen LogP contribution in [0.3, 0.4) is 0 Å². The summed E-state index contributed by atoms with van der Waals surface area (Å²) in [5.74, 6) is 1.10. The zero-order valence-electron chi connectivity index (χ0n) is 11.9. The average molecular weight is 285 g/mol. The fourth-order valence-corrected chi connectivity index (χ4v) is 2.39. The summed E-state index contributed by atoms with van der Waals surface area (Å²) >= 11 is 0. The third kappa shape index (κ3) is 2.36. The van der Waals surface area contributed by atoms with Crippen LogP contribution in [0.25, 0.3) is 16.7 Å². The summed E-state index contributed by atoms with van der Waals surface area (Å²) in [5.41, 5.74) is 8.26. The molecule has 0 aliphatic rings. The lowest BCUT2D eigenvalue weighted by Crippen LogP contribution is -2.12. The van der Waals surface area contributed by atoms with Crippen LogP contribution < -0.4 is 10.5 Å². The minimum atomic E-state index is -0.303. The van der Waals surface area contributed by atoms with Crippen molar-refractivity contribution in [3.63, 3.8) is 0 Å². The smallest absolute Gasteiger partial charge is 0.131 e. The highest BCUT2D eigenvalue weighted by Gasteiger charge is 2.16. The highest BCUT2D eigenvalue weighted by atomic mass is 19.1. The molecule has 0 amide bonds. The van der Waals surface area contributed by atoms with Crippen molar-refractivity contribution in [2.75, 3.05) is 7.11 Å². The number of methoxy groups -OCH3 is 1. The molecule has 3 rings (SSSR count). The molecule has 0 bridgehead atoms. The zero-order chi connectivity index (χ0) is 15.0. The van der Waals surface area contributed by atoms with Crippen LogP contribution in [0.5, 0.6) is 5.75 Å². The molecule has 1 aromatic heterocycles. The third-order valence-corrected chi connectivity index (χ3v) is 3.36. The highest BCUT2D eigenvalue weighted by molar-refractivity contribution is 5.78. The summed E-state index contributed by atoms with van der Waals surface area (Å²) in [6.45, 7) is 1.86. The van der Waals surface area contributed by atoms with Crippen LogP contribution in [0.2, 0.25) is 0 Å². The molecule has 0 aliphatic heterocycles. The van der Waals surface area contributed by atoms with Gasteiger partial charge in [-0.2, -0.15) is 0 Å². The van der Waals surface area contributed by atoms with Crippen LogP contribution in [0.4, 0.5) is 4.39 Å². The van der Waals surface area contributed by atoms with Crippen molar-refractivity contribution in [3.8, 4) is 11.4 Å². The third-order valence-electron chi connectivity index (χ3n) is 3.36. The molecule has 2 aromatic carbocycles. The summed E-state index contributed by atoms with van der Waals surface area (Å²) in [4.78, 5) is 4.52. The maximum absolute atomic E-state index is 13.6. The first-order chi connectivity index (χ1) is 10.1. The van der Waals surface area contributed by atoms with E-state index >= 15 is 0 Å². The molecule has 0 fully saturated rings. The number of hydrogen-bond donors (Lipinski definition) is 1. The van der Waals surface area contributed by atoms with Crippen molar-refractivity contribution in [1.29, 1.82) is 0 Å². The highest BCUT2D eigenvalue weighted by Crippen LogP contribution is 2.27. The minimum Gasteiger partial charge on any atom is -0.497 e. The fraction of sp³-hybridized carbons (Fsp3) is 0.188. The Bertz CT molecular complexity index is 795. The van der Waals surface area contributed by atoms with E-state index in [-0.39, 0.29) is 11.9 Å². The Morgan fingerprint density at radius 3 is 2.76 bits per heavy atom. The first-order valence-corrected chi connectivity index (χ1v) is 6.68. The number of hydrogen-bond acceptors (Lipinski definition) is 3. The van der Waals surface area contributed by atoms with E-state index in [1.54, 1.807) is 13.2 Å². The van der Waals surface area contributed by atoms with Crippen LogP contribution in [0, 0.1) is 5.82 Å². The van der Waals surface area contributed by atoms with Gasteiger partial charge >= 0.3 is 0 Å². The number of ether oxygens (including phenoxy) is 1. The molecule has 108 valence electrons. The lowest BCUT2D eigenvalue weighted by molar-refractivity contribution is 0.414. The summed E-state index contributed by atoms with van der Waals surface area (Å²) < 4.78 is 20.7. The fourth-order valence-electron chi connectivity index (χ4n) is 2.39. The van der Waals surface area contributed by atoms with Gasteiger partial charge in [-0.1, -0.05) is 6.07 Å². The second-order valence-electron chi connectivity index (χ2n) is 4.93. The molecule has 2 N–H and O–H groups in total. The topological polar surface area (TPSA) is 53.1 Å². The van der Waals surface area contributed by atoms with Gasteiger partial charge in [0.05, 0.1) is 29.9 Å². The monoisotopic (exact) mass is 285 g/mol. The van der Waals surface area contributed by atoms with E-state index in [1.807, 2.05) is 35.8 Å². The summed E-state index contributed by atoms with van der Waals surface area (Å²) in [5, 5.41) is 0. The van der Waals surface area contributed by atoms with Crippen molar-refractivity contribution in [1.82, 2.24) is 9.55 Å². The standard InChI is InChI=1S/C16H16FN3O/c1-10(18)16-19-14-7-6-11(17)8-15(14)20(16)12-4-3-5-13(9-12)21-2/h3-10H,18H2,1-2H3. The number of imidazole rings is 1. The van der Waals surface area contributed by atoms with E-state index in [4.69, 9.17) is 10.5 Å². The molecule has 0 saturated carbocycles. The Labute approximate surface area is 122 Å². The van der Waals surface area contributed by atoms with Crippen molar-refractivity contribution >= 4 is 11.0 Å². The normalized spacial score (nSPS) is 12.6. The van der Waals surface area contributed by atoms with Gasteiger partial charge in [0.2, 0.25) is 0 Å². The second-order valence-corrected chi connectivity index (χ2v) is 4.93. The van der Waals surface area contributed by atoms with Crippen LogP contribution in [-0.2, 0) is 0 Å². The first-order valence-electron chi connectivity index (χ1n) is 6.68. The number of nitrogens with zero attached hydrogens (tertiary/aromatic N) is 2. The molecule has 21 heavy (non-hydrogen) atoms. The molecule has 0 saturated heterocycles. The molecule has 1 atom stereocenters. The number of benzene rings is 2. The average Bonchev–Trinajstić information content (AvgIpc) is 2.86. The Morgan fingerprint density at radius 2 is 2.05 bits per heavy atom. The van der Waals surface area contributed by atoms with Crippen LogP contribution in [0.1, 0.15) is 18.8 Å². The molecular formula is C16H16FN3O. The van der Waals surface area contributed by atoms with E-state index in [0.29, 0.717) is 16.9 Å². The van der Waals surface area contributed by atoms with E-state index in [1.165, 1.54) is 12.1 Å². The molecule has 0 spiro atoms. The first kappa shape index (κ1) is 13.6. The molecular weight excluding hydrogens is 269 g/mol. The van der Waals surface area contributed by atoms with Crippen molar-refractivity contribution < 1.29 is 9.13 Å². The summed E-state index contributed by atoms with van der Waals surface area (Å²) in [7, 11) is 1.61. The minimum absolute atomic E-state index is 0.272. The van der Waals surface area contributed by atoms with Gasteiger partial charge in [-0.05, 0) is 31.2 Å². The van der Waals surface area contributed by atoms with E-state index in [9.17, 15) is 4.39 Å². The van der Waals surface area contributed by atoms with E-state index in [2.05, 4.69) is 4.98 Å². The van der Waals surface area contributed by atoms with Crippen molar-refractivity contribution in [2.45, 2.75) is 13.0 Å². The Morgan fingerprint density at radius 1 is 1.24 bits per heavy atom. The van der Waals surface area contributed by atoms with Gasteiger partial charge in [0.25, 0.3) is 0 Å². The number of rotatable bonds is 3. The lowest BCUT2D eigenvalue weighted by atomic mass is 10.2. The van der Waals surface area contributed by atoms with Crippen LogP contribution in [0.15, 0.2) is 42.5 Å². The van der Waals surface area contributed by atoms with Crippen molar-refractivity contribution in [2.24, 2.45) is 5.73 Å². The zero-order valence-corrected chi connectivity index (χ0v) is 11.9. The predicted molar refractivity (Wildman–Crippen MR) is 80.2 cm³/mol. The maximum atomic E-state index is 13.6. The van der Waals surface area contributed by atoms with Crippen molar-refractivity contribution in [3.05, 3.63) is 54.1 Å². The number of halogens is 1. The van der Waals surface area contributed by atoms with Gasteiger partial charge in [0.15, 0.2) is 0 Å². The number of aromatic nitrogens is 2. The van der Waals surface area contributed by atoms with Gasteiger partial charge in [-0.3, -0.25) is 4.57 Å². The van der Waals surface area contributed by atoms with E-state index in [0.717, 1.165) is 11.4 Å². The number of fused-ring (bicyclic) bond motifs is 1. The second kappa shape index (κ2) is 5.18. The molecule has 3 aromatic rings. The Kier molecular flexibility index (Phi) is 3.35. The van der Waals surface area contributed by atoms with Crippen LogP contribution in [-0.4, -0.2) is 16.7 Å². The molecule has 4 nitrogen and oxygen atoms in total. The SMILES string of the molecule is COc1cccc(-n2c(C(C)N)nc3ccc(F)cc32)c1. The molecule has 1 unspecified atom stereocenters. The lowest BCUT2D eigenvalue weighted by Gasteiger charge is -2.12. The Hall–Kier alpha value is -2.40. The van der Waals surface area contributed by atoms with Gasteiger partial charge < -0.3 is 10.5 Å². The van der Waals surface area contributed by atoms with Gasteiger partial charge in [-0.15, -0.1) is 0 Å². The molecule has 0 radical (unpaired) electrons. The van der Waals surface area contributed by atoms with Gasteiger partial charge in [0.1, 0.15) is 17.4 Å². The van der Waals surface area contributed by atoms with Crippen LogP contribution >= 0.6 is 0 Å². The largest absolute Gasteiger partial charge is 0.497 e. The molecule has 5 heteroatoms. The maximum Gasteiger partial charge on any atom is 0.131 e. The molecule has 0 aliphatic carbocycles. The summed E-state index contributed by atoms with van der Waals surface area (Å²) in [6.07, 6.45) is 0. The van der Waals surface area contributed by atoms with Gasteiger partial charge in [-0.25, -0.2) is 9.37 Å².